The van der Waals surface area contributed by atoms with Gasteiger partial charge < -0.3 is 15.0 Å². The van der Waals surface area contributed by atoms with Gasteiger partial charge in [-0.25, -0.2) is 4.98 Å². The van der Waals surface area contributed by atoms with Crippen molar-refractivity contribution >= 4 is 16.5 Å². The lowest BCUT2D eigenvalue weighted by Crippen LogP contribution is -2.22. The number of hydrogen-bond donors (Lipinski definition) is 1. The number of nitrogens with zero attached hydrogens (tertiary/aromatic N) is 2. The van der Waals surface area contributed by atoms with E-state index in [2.05, 4.69) is 31.1 Å². The predicted molar refractivity (Wildman–Crippen MR) is 85.8 cm³/mol. The van der Waals surface area contributed by atoms with Crippen molar-refractivity contribution in [3.05, 3.63) is 10.6 Å². The smallest absolute Gasteiger partial charge is 0.185 e. The Morgan fingerprint density at radius 3 is 2.80 bits per heavy atom. The molecule has 0 radical (unpaired) electrons. The van der Waals surface area contributed by atoms with Gasteiger partial charge in [0.1, 0.15) is 0 Å². The second-order valence-electron chi connectivity index (χ2n) is 5.73. The van der Waals surface area contributed by atoms with Crippen LogP contribution in [0, 0.1) is 0 Å². The molecule has 1 aliphatic rings. The van der Waals surface area contributed by atoms with Crippen molar-refractivity contribution < 1.29 is 4.74 Å². The molecule has 1 N–H and O–H groups in total. The van der Waals surface area contributed by atoms with Gasteiger partial charge in [0.25, 0.3) is 0 Å². The van der Waals surface area contributed by atoms with Crippen LogP contribution in [0.25, 0.3) is 0 Å². The van der Waals surface area contributed by atoms with Crippen LogP contribution < -0.4 is 10.2 Å². The molecule has 0 spiro atoms. The van der Waals surface area contributed by atoms with Crippen LogP contribution in [0.1, 0.15) is 50.1 Å². The highest BCUT2D eigenvalue weighted by molar-refractivity contribution is 7.15. The summed E-state index contributed by atoms with van der Waals surface area (Å²) in [6, 6.07) is 0.517. The van der Waals surface area contributed by atoms with E-state index in [1.807, 2.05) is 18.3 Å². The number of hydrogen-bond acceptors (Lipinski definition) is 5. The van der Waals surface area contributed by atoms with Gasteiger partial charge in [0, 0.05) is 43.6 Å². The lowest BCUT2D eigenvalue weighted by molar-refractivity contribution is 0.154. The standard InChI is InChI=1S/C15H27N3OS/c1-5-19-9-8-18(4)15-17-14(12-6-7-12)13(20-15)10-16-11(2)3/h11-12,16H,5-10H2,1-4H3. The van der Waals surface area contributed by atoms with E-state index in [-0.39, 0.29) is 0 Å². The van der Waals surface area contributed by atoms with Gasteiger partial charge in [-0.15, -0.1) is 11.3 Å². The normalized spacial score (nSPS) is 15.1. The second-order valence-corrected chi connectivity index (χ2v) is 6.80. The zero-order valence-corrected chi connectivity index (χ0v) is 13.9. The monoisotopic (exact) mass is 297 g/mol. The van der Waals surface area contributed by atoms with E-state index in [9.17, 15) is 0 Å². The first-order chi connectivity index (χ1) is 9.61. The van der Waals surface area contributed by atoms with Gasteiger partial charge in [0.2, 0.25) is 0 Å². The molecule has 0 saturated heterocycles. The van der Waals surface area contributed by atoms with Crippen molar-refractivity contribution in [2.75, 3.05) is 31.7 Å². The minimum Gasteiger partial charge on any atom is -0.380 e. The highest BCUT2D eigenvalue weighted by atomic mass is 32.1. The van der Waals surface area contributed by atoms with Crippen molar-refractivity contribution in [2.24, 2.45) is 0 Å². The first kappa shape index (κ1) is 15.7. The van der Waals surface area contributed by atoms with Crippen molar-refractivity contribution in [2.45, 2.75) is 52.1 Å². The summed E-state index contributed by atoms with van der Waals surface area (Å²) in [7, 11) is 2.11. The van der Waals surface area contributed by atoms with Crippen molar-refractivity contribution in [3.8, 4) is 0 Å². The van der Waals surface area contributed by atoms with E-state index >= 15 is 0 Å². The minimum atomic E-state index is 0.517. The topological polar surface area (TPSA) is 37.4 Å². The highest BCUT2D eigenvalue weighted by Gasteiger charge is 2.30. The Morgan fingerprint density at radius 2 is 2.20 bits per heavy atom. The molecule has 1 fully saturated rings. The molecule has 1 aromatic rings. The average molecular weight is 297 g/mol. The lowest BCUT2D eigenvalue weighted by Gasteiger charge is -2.15. The first-order valence-electron chi connectivity index (χ1n) is 7.63. The fourth-order valence-electron chi connectivity index (χ4n) is 2.05. The maximum Gasteiger partial charge on any atom is 0.185 e. The van der Waals surface area contributed by atoms with E-state index in [0.29, 0.717) is 12.0 Å². The predicted octanol–water partition coefficient (Wildman–Crippen LogP) is 2.99. The number of ether oxygens (including phenoxy) is 1. The molecule has 1 saturated carbocycles. The lowest BCUT2D eigenvalue weighted by atomic mass is 10.2. The van der Waals surface area contributed by atoms with Gasteiger partial charge in [-0.05, 0) is 19.8 Å². The minimum absolute atomic E-state index is 0.517. The number of rotatable bonds is 9. The van der Waals surface area contributed by atoms with Gasteiger partial charge in [0.05, 0.1) is 12.3 Å². The Morgan fingerprint density at radius 1 is 1.45 bits per heavy atom. The molecule has 0 amide bonds. The van der Waals surface area contributed by atoms with Crippen LogP contribution >= 0.6 is 11.3 Å². The summed E-state index contributed by atoms with van der Waals surface area (Å²) in [4.78, 5) is 8.51. The number of likely N-dealkylation sites (N-methyl/N-ethyl adjacent to an activating group) is 1. The molecule has 0 atom stereocenters. The highest BCUT2D eigenvalue weighted by Crippen LogP contribution is 2.44. The second kappa shape index (κ2) is 7.38. The third kappa shape index (κ3) is 4.43. The van der Waals surface area contributed by atoms with E-state index in [0.717, 1.165) is 31.4 Å². The van der Waals surface area contributed by atoms with Crippen LogP contribution in [0.5, 0.6) is 0 Å². The molecule has 4 nitrogen and oxygen atoms in total. The Hall–Kier alpha value is -0.650. The summed E-state index contributed by atoms with van der Waals surface area (Å²) in [6.07, 6.45) is 2.61. The molecule has 0 bridgehead atoms. The maximum absolute atomic E-state index is 5.42. The zero-order chi connectivity index (χ0) is 14.5. The molecule has 1 aliphatic carbocycles. The Bertz CT molecular complexity index is 415. The molecule has 1 aromatic heterocycles. The van der Waals surface area contributed by atoms with Crippen molar-refractivity contribution in [1.82, 2.24) is 10.3 Å². The summed E-state index contributed by atoms with van der Waals surface area (Å²) in [5.74, 6) is 0.712. The largest absolute Gasteiger partial charge is 0.380 e. The van der Waals surface area contributed by atoms with Crippen LogP contribution in [0.15, 0.2) is 0 Å². The van der Waals surface area contributed by atoms with Crippen molar-refractivity contribution in [3.63, 3.8) is 0 Å². The van der Waals surface area contributed by atoms with Gasteiger partial charge in [0.15, 0.2) is 5.13 Å². The molecule has 5 heteroatoms. The van der Waals surface area contributed by atoms with Crippen LogP contribution in [0.2, 0.25) is 0 Å². The van der Waals surface area contributed by atoms with E-state index in [1.165, 1.54) is 23.4 Å². The third-order valence-electron chi connectivity index (χ3n) is 3.45. The summed E-state index contributed by atoms with van der Waals surface area (Å²) in [5, 5.41) is 4.65. The van der Waals surface area contributed by atoms with Crippen LogP contribution in [0.4, 0.5) is 5.13 Å². The summed E-state index contributed by atoms with van der Waals surface area (Å²) < 4.78 is 5.42. The number of aromatic nitrogens is 1. The van der Waals surface area contributed by atoms with Crippen LogP contribution in [-0.2, 0) is 11.3 Å². The fourth-order valence-corrected chi connectivity index (χ4v) is 3.14. The van der Waals surface area contributed by atoms with E-state index in [4.69, 9.17) is 9.72 Å². The maximum atomic E-state index is 5.42. The summed E-state index contributed by atoms with van der Waals surface area (Å²) in [6.45, 7) is 9.81. The summed E-state index contributed by atoms with van der Waals surface area (Å²) in [5.41, 5.74) is 1.33. The molecule has 0 aliphatic heterocycles. The molecule has 0 unspecified atom stereocenters. The Balaban J connectivity index is 2.00. The molecule has 0 aromatic carbocycles. The Labute approximate surface area is 126 Å². The fraction of sp³-hybridized carbons (Fsp3) is 0.800. The number of anilines is 1. The van der Waals surface area contributed by atoms with Crippen molar-refractivity contribution in [1.29, 1.82) is 0 Å². The molecule has 114 valence electrons. The molecule has 20 heavy (non-hydrogen) atoms. The van der Waals surface area contributed by atoms with E-state index < -0.39 is 0 Å². The quantitative estimate of drug-likeness (QED) is 0.711. The molecular formula is C15H27N3OS. The molecule has 1 heterocycles. The van der Waals surface area contributed by atoms with Crippen LogP contribution in [0.3, 0.4) is 0 Å². The van der Waals surface area contributed by atoms with Gasteiger partial charge in [-0.3, -0.25) is 0 Å². The third-order valence-corrected chi connectivity index (χ3v) is 4.64. The molecular weight excluding hydrogens is 270 g/mol. The van der Waals surface area contributed by atoms with Crippen LogP contribution in [-0.4, -0.2) is 37.8 Å². The SMILES string of the molecule is CCOCCN(C)c1nc(C2CC2)c(CNC(C)C)s1. The number of thiazole rings is 1. The van der Waals surface area contributed by atoms with E-state index in [1.54, 1.807) is 0 Å². The molecule has 2 rings (SSSR count). The zero-order valence-electron chi connectivity index (χ0n) is 13.1. The Kier molecular flexibility index (Phi) is 5.81. The average Bonchev–Trinajstić information content (AvgIpc) is 3.16. The number of nitrogens with one attached hydrogen (secondary N) is 1. The van der Waals surface area contributed by atoms with Gasteiger partial charge in [-0.1, -0.05) is 13.8 Å². The summed E-state index contributed by atoms with van der Waals surface area (Å²) >= 11 is 1.83. The van der Waals surface area contributed by atoms with Gasteiger partial charge >= 0.3 is 0 Å². The first-order valence-corrected chi connectivity index (χ1v) is 8.45. The van der Waals surface area contributed by atoms with Gasteiger partial charge in [-0.2, -0.15) is 0 Å².